The van der Waals surface area contributed by atoms with Crippen LogP contribution in [0.15, 0.2) is 0 Å². The summed E-state index contributed by atoms with van der Waals surface area (Å²) in [6, 6.07) is 0. The van der Waals surface area contributed by atoms with E-state index in [0.29, 0.717) is 68.5 Å². The lowest BCUT2D eigenvalue weighted by atomic mass is 9.41. The molecular formula is C42H70O8. The molecule has 0 unspecified atom stereocenters. The van der Waals surface area contributed by atoms with Gasteiger partial charge in [-0.2, -0.15) is 0 Å². The minimum absolute atomic E-state index is 0.0206. The molecule has 8 heteroatoms. The molecule has 0 spiro atoms. The van der Waals surface area contributed by atoms with E-state index in [-0.39, 0.29) is 58.8 Å². The third-order valence-corrected chi connectivity index (χ3v) is 14.1. The number of esters is 4. The van der Waals surface area contributed by atoms with Gasteiger partial charge in [-0.3, -0.25) is 19.2 Å². The van der Waals surface area contributed by atoms with E-state index >= 15 is 0 Å². The van der Waals surface area contributed by atoms with Crippen LogP contribution in [0.1, 0.15) is 164 Å². The van der Waals surface area contributed by atoms with Crippen LogP contribution in [0.5, 0.6) is 0 Å². The number of hydrogen-bond acceptors (Lipinski definition) is 8. The van der Waals surface area contributed by atoms with Gasteiger partial charge in [0, 0.05) is 31.1 Å². The van der Waals surface area contributed by atoms with Gasteiger partial charge in [0.1, 0.15) is 12.2 Å². The lowest BCUT2D eigenvalue weighted by Gasteiger charge is -2.64. The molecule has 4 aliphatic carbocycles. The number of ether oxygens (including phenoxy) is 4. The molecule has 0 aromatic heterocycles. The first-order valence-corrected chi connectivity index (χ1v) is 20.6. The maximum Gasteiger partial charge on any atom is 0.305 e. The zero-order valence-corrected chi connectivity index (χ0v) is 32.6. The molecule has 4 aliphatic rings. The zero-order valence-electron chi connectivity index (χ0n) is 32.6. The number of rotatable bonds is 18. The van der Waals surface area contributed by atoms with Gasteiger partial charge in [0.25, 0.3) is 0 Å². The number of carbonyl (C=O) groups excluding carboxylic acids is 4. The molecule has 0 aromatic rings. The third-order valence-electron chi connectivity index (χ3n) is 14.1. The highest BCUT2D eigenvalue weighted by Crippen LogP contribution is 2.70. The van der Waals surface area contributed by atoms with Crippen LogP contribution in [0.4, 0.5) is 0 Å². The van der Waals surface area contributed by atoms with E-state index in [1.54, 1.807) is 0 Å². The number of unbranched alkanes of at least 4 members (excludes halogenated alkanes) is 5. The summed E-state index contributed by atoms with van der Waals surface area (Å²) < 4.78 is 24.0. The second-order valence-electron chi connectivity index (χ2n) is 16.9. The molecule has 11 atom stereocenters. The summed E-state index contributed by atoms with van der Waals surface area (Å²) in [4.78, 5) is 50.6. The first-order valence-electron chi connectivity index (χ1n) is 20.6. The van der Waals surface area contributed by atoms with Gasteiger partial charge in [0.05, 0.1) is 13.2 Å². The molecule has 0 saturated heterocycles. The van der Waals surface area contributed by atoms with Gasteiger partial charge >= 0.3 is 23.9 Å². The minimum atomic E-state index is -0.238. The fourth-order valence-electron chi connectivity index (χ4n) is 11.2. The lowest BCUT2D eigenvalue weighted by molar-refractivity contribution is -0.214. The van der Waals surface area contributed by atoms with E-state index in [4.69, 9.17) is 18.9 Å². The molecular weight excluding hydrogens is 632 g/mol. The van der Waals surface area contributed by atoms with Gasteiger partial charge in [0.2, 0.25) is 0 Å². The highest BCUT2D eigenvalue weighted by atomic mass is 16.6. The SMILES string of the molecule is CCCCCCCCOC(=O)CC[C@@H](C)[C@H]1CC[C@H]2[C@@H]3[C@H](COC(=O)CC)C[C@@H]4C[C@H](OC(=O)CC)CC[C@]4(C)[C@H]3C[C@H](OC(=O)CC)[C@]12C. The molecule has 4 rings (SSSR count). The lowest BCUT2D eigenvalue weighted by Crippen LogP contribution is -2.62. The smallest absolute Gasteiger partial charge is 0.305 e. The van der Waals surface area contributed by atoms with E-state index in [1.165, 1.54) is 25.7 Å². The summed E-state index contributed by atoms with van der Waals surface area (Å²) >= 11 is 0. The number of carbonyl (C=O) groups is 4. The summed E-state index contributed by atoms with van der Waals surface area (Å²) in [5.74, 6) is 1.54. The highest BCUT2D eigenvalue weighted by molar-refractivity contribution is 5.70. The molecule has 0 radical (unpaired) electrons. The van der Waals surface area contributed by atoms with Crippen molar-refractivity contribution >= 4 is 23.9 Å². The zero-order chi connectivity index (χ0) is 36.5. The minimum Gasteiger partial charge on any atom is -0.466 e. The molecule has 0 aliphatic heterocycles. The van der Waals surface area contributed by atoms with Gasteiger partial charge in [-0.05, 0) is 105 Å². The Hall–Kier alpha value is -2.12. The largest absolute Gasteiger partial charge is 0.466 e. The van der Waals surface area contributed by atoms with Crippen molar-refractivity contribution in [1.82, 2.24) is 0 Å². The molecule has 0 N–H and O–H groups in total. The van der Waals surface area contributed by atoms with E-state index in [1.807, 2.05) is 20.8 Å². The van der Waals surface area contributed by atoms with Crippen molar-refractivity contribution in [3.05, 3.63) is 0 Å². The predicted molar refractivity (Wildman–Crippen MR) is 194 cm³/mol. The Labute approximate surface area is 303 Å². The summed E-state index contributed by atoms with van der Waals surface area (Å²) in [7, 11) is 0. The maximum atomic E-state index is 13.1. The fraction of sp³-hybridized carbons (Fsp3) is 0.905. The van der Waals surface area contributed by atoms with Crippen molar-refractivity contribution in [3.8, 4) is 0 Å². The average Bonchev–Trinajstić information content (AvgIpc) is 3.47. The van der Waals surface area contributed by atoms with Gasteiger partial charge in [-0.15, -0.1) is 0 Å². The highest BCUT2D eigenvalue weighted by Gasteiger charge is 2.67. The Morgan fingerprint density at radius 3 is 2.10 bits per heavy atom. The monoisotopic (exact) mass is 703 g/mol. The molecule has 0 heterocycles. The molecule has 8 nitrogen and oxygen atoms in total. The fourth-order valence-corrected chi connectivity index (χ4v) is 11.2. The Morgan fingerprint density at radius 1 is 0.720 bits per heavy atom. The second kappa shape index (κ2) is 18.6. The van der Waals surface area contributed by atoms with E-state index in [9.17, 15) is 19.2 Å². The van der Waals surface area contributed by atoms with Crippen molar-refractivity contribution in [2.75, 3.05) is 13.2 Å². The van der Waals surface area contributed by atoms with Crippen LogP contribution in [0.25, 0.3) is 0 Å². The predicted octanol–water partition coefficient (Wildman–Crippen LogP) is 9.40. The van der Waals surface area contributed by atoms with Crippen molar-refractivity contribution in [1.29, 1.82) is 0 Å². The number of fused-ring (bicyclic) bond motifs is 5. The Kier molecular flexibility index (Phi) is 15.1. The summed E-state index contributed by atoms with van der Waals surface area (Å²) in [5, 5.41) is 0. The quantitative estimate of drug-likeness (QED) is 0.0791. The van der Waals surface area contributed by atoms with Crippen LogP contribution in [0.3, 0.4) is 0 Å². The Bertz CT molecular complexity index is 1140. The van der Waals surface area contributed by atoms with E-state index in [0.717, 1.165) is 64.2 Å². The average molecular weight is 703 g/mol. The van der Waals surface area contributed by atoms with Crippen LogP contribution in [0.2, 0.25) is 0 Å². The second-order valence-corrected chi connectivity index (χ2v) is 16.9. The van der Waals surface area contributed by atoms with Crippen LogP contribution in [-0.4, -0.2) is 49.3 Å². The number of hydrogen-bond donors (Lipinski definition) is 0. The van der Waals surface area contributed by atoms with Crippen LogP contribution >= 0.6 is 0 Å². The summed E-state index contributed by atoms with van der Waals surface area (Å²) in [6.45, 7) is 15.8. The Morgan fingerprint density at radius 2 is 1.40 bits per heavy atom. The topological polar surface area (TPSA) is 105 Å². The van der Waals surface area contributed by atoms with Gasteiger partial charge in [-0.1, -0.05) is 80.6 Å². The van der Waals surface area contributed by atoms with Crippen molar-refractivity contribution in [3.63, 3.8) is 0 Å². The van der Waals surface area contributed by atoms with Crippen molar-refractivity contribution in [2.24, 2.45) is 52.3 Å². The molecule has 0 amide bonds. The molecule has 286 valence electrons. The van der Waals surface area contributed by atoms with Crippen LogP contribution in [0, 0.1) is 52.3 Å². The first-order chi connectivity index (χ1) is 23.9. The molecule has 50 heavy (non-hydrogen) atoms. The molecule has 4 saturated carbocycles. The molecule has 0 aromatic carbocycles. The van der Waals surface area contributed by atoms with Crippen LogP contribution in [-0.2, 0) is 38.1 Å². The van der Waals surface area contributed by atoms with E-state index in [2.05, 4.69) is 27.7 Å². The van der Waals surface area contributed by atoms with Crippen LogP contribution < -0.4 is 0 Å². The van der Waals surface area contributed by atoms with Gasteiger partial charge < -0.3 is 18.9 Å². The van der Waals surface area contributed by atoms with Crippen molar-refractivity contribution < 1.29 is 38.1 Å². The standard InChI is InChI=1S/C42H70O8/c1-8-12-13-14-15-16-23-47-39(46)20-17-28(5)32-18-19-33-40-29(27-48-36(43)9-2)24-30-25-31(49-37(44)10-3)21-22-41(30,6)34(40)26-35(42(32,33)7)50-38(45)11-4/h28-35,40H,8-27H2,1-7H3/t28-,29+,30-,31-,32-,33+,34+,35+,40+,41+,42-/m1/s1. The molecule has 0 bridgehead atoms. The summed E-state index contributed by atoms with van der Waals surface area (Å²) in [5.41, 5.74) is -0.218. The van der Waals surface area contributed by atoms with E-state index < -0.39 is 0 Å². The van der Waals surface area contributed by atoms with Gasteiger partial charge in [0.15, 0.2) is 0 Å². The normalized spacial score (nSPS) is 35.2. The summed E-state index contributed by atoms with van der Waals surface area (Å²) in [6.07, 6.45) is 15.5. The maximum absolute atomic E-state index is 13.1. The van der Waals surface area contributed by atoms with Crippen molar-refractivity contribution in [2.45, 2.75) is 176 Å². The first kappa shape index (κ1) is 40.6. The van der Waals surface area contributed by atoms with Gasteiger partial charge in [-0.25, -0.2) is 0 Å². The molecule has 4 fully saturated rings. The Balaban J connectivity index is 1.54. The third kappa shape index (κ3) is 9.26.